The number of hydrogen-bond acceptors (Lipinski definition) is 3. The van der Waals surface area contributed by atoms with E-state index in [1.807, 2.05) is 13.8 Å². The van der Waals surface area contributed by atoms with Gasteiger partial charge in [-0.1, -0.05) is 26.0 Å². The average Bonchev–Trinajstić information content (AvgIpc) is 2.89. The van der Waals surface area contributed by atoms with Crippen LogP contribution in [0.2, 0.25) is 0 Å². The van der Waals surface area contributed by atoms with Crippen LogP contribution in [-0.4, -0.2) is 10.9 Å². The van der Waals surface area contributed by atoms with E-state index in [0.29, 0.717) is 34.7 Å². The molecule has 0 saturated heterocycles. The highest BCUT2D eigenvalue weighted by Gasteiger charge is 2.13. The van der Waals surface area contributed by atoms with E-state index in [9.17, 15) is 9.18 Å². The number of benzene rings is 2. The van der Waals surface area contributed by atoms with E-state index in [1.165, 1.54) is 6.07 Å². The molecule has 1 heterocycles. The first kappa shape index (κ1) is 15.2. The first-order valence-corrected chi connectivity index (χ1v) is 7.48. The maximum absolute atomic E-state index is 13.8. The van der Waals surface area contributed by atoms with Crippen LogP contribution >= 0.6 is 0 Å². The first-order chi connectivity index (χ1) is 11.0. The highest BCUT2D eigenvalue weighted by atomic mass is 19.1. The number of carbonyl (C=O) groups excluding carboxylic acids is 1. The number of rotatable bonds is 4. The maximum atomic E-state index is 13.8. The molecule has 0 bridgehead atoms. The van der Waals surface area contributed by atoms with E-state index < -0.39 is 0 Å². The minimum atomic E-state index is -0.385. The van der Waals surface area contributed by atoms with Crippen molar-refractivity contribution >= 4 is 22.7 Å². The van der Waals surface area contributed by atoms with E-state index in [-0.39, 0.29) is 17.6 Å². The lowest BCUT2D eigenvalue weighted by atomic mass is 10.1. The van der Waals surface area contributed by atoms with Gasteiger partial charge in [0.25, 0.3) is 0 Å². The molecule has 1 N–H and O–H groups in total. The third-order valence-electron chi connectivity index (χ3n) is 3.37. The van der Waals surface area contributed by atoms with Gasteiger partial charge in [-0.15, -0.1) is 0 Å². The van der Waals surface area contributed by atoms with Gasteiger partial charge in [0.2, 0.25) is 11.8 Å². The van der Waals surface area contributed by atoms with Gasteiger partial charge in [-0.2, -0.15) is 0 Å². The van der Waals surface area contributed by atoms with Crippen LogP contribution in [0.15, 0.2) is 46.9 Å². The monoisotopic (exact) mass is 312 g/mol. The van der Waals surface area contributed by atoms with Gasteiger partial charge in [-0.3, -0.25) is 4.79 Å². The van der Waals surface area contributed by atoms with Crippen LogP contribution in [0.3, 0.4) is 0 Å². The van der Waals surface area contributed by atoms with Gasteiger partial charge in [0.1, 0.15) is 11.3 Å². The fourth-order valence-electron chi connectivity index (χ4n) is 2.34. The number of nitrogens with one attached hydrogen (secondary N) is 1. The number of carbonyl (C=O) groups is 1. The second-order valence-corrected chi connectivity index (χ2v) is 5.83. The van der Waals surface area contributed by atoms with Gasteiger partial charge in [0, 0.05) is 12.1 Å². The van der Waals surface area contributed by atoms with Crippen LogP contribution < -0.4 is 5.32 Å². The SMILES string of the molecule is CC(C)CC(=O)Nc1ccc2oc(-c3ccccc3F)nc2c1. The van der Waals surface area contributed by atoms with Crippen molar-refractivity contribution in [3.63, 3.8) is 0 Å². The Morgan fingerprint density at radius 2 is 2.04 bits per heavy atom. The van der Waals surface area contributed by atoms with Gasteiger partial charge in [-0.05, 0) is 36.2 Å². The van der Waals surface area contributed by atoms with E-state index in [4.69, 9.17) is 4.42 Å². The number of aromatic nitrogens is 1. The van der Waals surface area contributed by atoms with Crippen molar-refractivity contribution < 1.29 is 13.6 Å². The molecule has 23 heavy (non-hydrogen) atoms. The summed E-state index contributed by atoms with van der Waals surface area (Å²) in [4.78, 5) is 16.1. The third-order valence-corrected chi connectivity index (χ3v) is 3.37. The molecular weight excluding hydrogens is 295 g/mol. The molecule has 0 spiro atoms. The van der Waals surface area contributed by atoms with Gasteiger partial charge in [0.15, 0.2) is 5.58 Å². The van der Waals surface area contributed by atoms with Crippen LogP contribution in [0.4, 0.5) is 10.1 Å². The highest BCUT2D eigenvalue weighted by Crippen LogP contribution is 2.27. The molecule has 5 heteroatoms. The van der Waals surface area contributed by atoms with Gasteiger partial charge in [-0.25, -0.2) is 9.37 Å². The number of oxazole rings is 1. The molecule has 0 aliphatic carbocycles. The van der Waals surface area contributed by atoms with Crippen LogP contribution in [0, 0.1) is 11.7 Å². The number of amides is 1. The summed E-state index contributed by atoms with van der Waals surface area (Å²) in [6, 6.07) is 11.5. The maximum Gasteiger partial charge on any atom is 0.230 e. The van der Waals surface area contributed by atoms with Crippen molar-refractivity contribution in [2.45, 2.75) is 20.3 Å². The molecule has 3 rings (SSSR count). The minimum absolute atomic E-state index is 0.0443. The van der Waals surface area contributed by atoms with Crippen LogP contribution in [-0.2, 0) is 4.79 Å². The predicted molar refractivity (Wildman–Crippen MR) is 87.5 cm³/mol. The standard InChI is InChI=1S/C18H17FN2O2/c1-11(2)9-17(22)20-12-7-8-16-15(10-12)21-18(23-16)13-5-3-4-6-14(13)19/h3-8,10-11H,9H2,1-2H3,(H,20,22). The highest BCUT2D eigenvalue weighted by molar-refractivity contribution is 5.93. The van der Waals surface area contributed by atoms with Crippen molar-refractivity contribution in [2.24, 2.45) is 5.92 Å². The molecular formula is C18H17FN2O2. The van der Waals surface area contributed by atoms with Crippen molar-refractivity contribution in [1.29, 1.82) is 0 Å². The van der Waals surface area contributed by atoms with Gasteiger partial charge >= 0.3 is 0 Å². The third kappa shape index (κ3) is 3.39. The van der Waals surface area contributed by atoms with E-state index in [2.05, 4.69) is 10.3 Å². The number of hydrogen-bond donors (Lipinski definition) is 1. The summed E-state index contributed by atoms with van der Waals surface area (Å²) < 4.78 is 19.4. The topological polar surface area (TPSA) is 55.1 Å². The summed E-state index contributed by atoms with van der Waals surface area (Å²) in [5.41, 5.74) is 2.08. The zero-order valence-corrected chi connectivity index (χ0v) is 13.0. The quantitative estimate of drug-likeness (QED) is 0.765. The summed E-state index contributed by atoms with van der Waals surface area (Å²) in [6.45, 7) is 3.97. The summed E-state index contributed by atoms with van der Waals surface area (Å²) in [5, 5.41) is 2.83. The normalized spacial score (nSPS) is 11.1. The Bertz CT molecular complexity index is 855. The summed E-state index contributed by atoms with van der Waals surface area (Å²) >= 11 is 0. The van der Waals surface area contributed by atoms with Crippen LogP contribution in [0.1, 0.15) is 20.3 Å². The molecule has 0 aliphatic heterocycles. The lowest BCUT2D eigenvalue weighted by Gasteiger charge is -2.06. The number of anilines is 1. The molecule has 0 unspecified atom stereocenters. The van der Waals surface area contributed by atoms with E-state index in [1.54, 1.807) is 36.4 Å². The molecule has 118 valence electrons. The number of nitrogens with zero attached hydrogens (tertiary/aromatic N) is 1. The number of halogens is 1. The summed E-state index contributed by atoms with van der Waals surface area (Å²) in [6.07, 6.45) is 0.456. The second-order valence-electron chi connectivity index (χ2n) is 5.83. The lowest BCUT2D eigenvalue weighted by Crippen LogP contribution is -2.13. The molecule has 0 radical (unpaired) electrons. The van der Waals surface area contributed by atoms with Crippen molar-refractivity contribution in [3.8, 4) is 11.5 Å². The van der Waals surface area contributed by atoms with Crippen molar-refractivity contribution in [1.82, 2.24) is 4.98 Å². The Hall–Kier alpha value is -2.69. The van der Waals surface area contributed by atoms with Crippen molar-refractivity contribution in [2.75, 3.05) is 5.32 Å². The zero-order valence-electron chi connectivity index (χ0n) is 13.0. The molecule has 2 aromatic carbocycles. The Labute approximate surface area is 133 Å². The van der Waals surface area contributed by atoms with Crippen molar-refractivity contribution in [3.05, 3.63) is 48.3 Å². The molecule has 3 aromatic rings. The number of fused-ring (bicyclic) bond motifs is 1. The molecule has 0 saturated carbocycles. The largest absolute Gasteiger partial charge is 0.436 e. The Morgan fingerprint density at radius 1 is 1.26 bits per heavy atom. The molecule has 1 amide bonds. The molecule has 4 nitrogen and oxygen atoms in total. The predicted octanol–water partition coefficient (Wildman–Crippen LogP) is 4.62. The minimum Gasteiger partial charge on any atom is -0.436 e. The zero-order chi connectivity index (χ0) is 16.4. The fourth-order valence-corrected chi connectivity index (χ4v) is 2.34. The van der Waals surface area contributed by atoms with Gasteiger partial charge < -0.3 is 9.73 Å². The Morgan fingerprint density at radius 3 is 2.78 bits per heavy atom. The lowest BCUT2D eigenvalue weighted by molar-refractivity contribution is -0.116. The second kappa shape index (κ2) is 6.20. The van der Waals surface area contributed by atoms with Crippen LogP contribution in [0.5, 0.6) is 0 Å². The molecule has 0 fully saturated rings. The summed E-state index contributed by atoms with van der Waals surface area (Å²) in [7, 11) is 0. The van der Waals surface area contributed by atoms with E-state index >= 15 is 0 Å². The molecule has 1 aromatic heterocycles. The Kier molecular flexibility index (Phi) is 4.10. The average molecular weight is 312 g/mol. The van der Waals surface area contributed by atoms with Crippen LogP contribution in [0.25, 0.3) is 22.6 Å². The van der Waals surface area contributed by atoms with E-state index in [0.717, 1.165) is 0 Å². The molecule has 0 aliphatic rings. The van der Waals surface area contributed by atoms with Gasteiger partial charge in [0.05, 0.1) is 5.56 Å². The first-order valence-electron chi connectivity index (χ1n) is 7.48. The summed E-state index contributed by atoms with van der Waals surface area (Å²) in [5.74, 6) is 0.0869. The molecule has 0 atom stereocenters. The smallest absolute Gasteiger partial charge is 0.230 e. The fraction of sp³-hybridized carbons (Fsp3) is 0.222. The Balaban J connectivity index is 1.89.